The second-order valence-corrected chi connectivity index (χ2v) is 6.71. The van der Waals surface area contributed by atoms with Gasteiger partial charge in [0.2, 0.25) is 0 Å². The number of methoxy groups -OCH3 is 2. The fourth-order valence-electron chi connectivity index (χ4n) is 2.95. The monoisotopic (exact) mass is 373 g/mol. The number of likely N-dealkylation sites (tertiary alicyclic amines) is 1. The summed E-state index contributed by atoms with van der Waals surface area (Å²) in [5.41, 5.74) is 0.552. The normalized spacial score (nSPS) is 19.2. The first-order chi connectivity index (χ1) is 12.6. The van der Waals surface area contributed by atoms with Crippen LogP contribution < -0.4 is 4.74 Å². The van der Waals surface area contributed by atoms with Crippen molar-refractivity contribution < 1.29 is 24.2 Å². The molecule has 2 aromatic rings. The molecule has 1 N–H and O–H groups in total. The highest BCUT2D eigenvalue weighted by atomic mass is 32.1. The van der Waals surface area contributed by atoms with Gasteiger partial charge in [-0.1, -0.05) is 6.07 Å². The molecule has 1 aromatic heterocycles. The van der Waals surface area contributed by atoms with Crippen LogP contribution in [0.5, 0.6) is 5.75 Å². The molecule has 1 atom stereocenters. The molecule has 1 aromatic carbocycles. The molecule has 0 radical (unpaired) electrons. The van der Waals surface area contributed by atoms with E-state index in [0.29, 0.717) is 17.9 Å². The second-order valence-electron chi connectivity index (χ2n) is 5.73. The van der Waals surface area contributed by atoms with Crippen LogP contribution in [0.2, 0.25) is 0 Å². The summed E-state index contributed by atoms with van der Waals surface area (Å²) in [6, 6.07) is 9.77. The van der Waals surface area contributed by atoms with Crippen LogP contribution in [0.3, 0.4) is 0 Å². The van der Waals surface area contributed by atoms with E-state index >= 15 is 0 Å². The Labute approximate surface area is 155 Å². The molecule has 3 rings (SSSR count). The summed E-state index contributed by atoms with van der Waals surface area (Å²) in [6.45, 7) is 0.570. The van der Waals surface area contributed by atoms with Crippen molar-refractivity contribution in [1.82, 2.24) is 4.90 Å². The number of ether oxygens (including phenoxy) is 2. The first kappa shape index (κ1) is 18.2. The second kappa shape index (κ2) is 7.72. The number of thiophene rings is 1. The molecule has 0 bridgehead atoms. The minimum absolute atomic E-state index is 0.0960. The molecule has 1 unspecified atom stereocenters. The Morgan fingerprint density at radius 3 is 2.50 bits per heavy atom. The number of rotatable bonds is 6. The van der Waals surface area contributed by atoms with Crippen LogP contribution in [0.25, 0.3) is 5.76 Å². The quantitative estimate of drug-likeness (QED) is 0.479. The third kappa shape index (κ3) is 3.23. The first-order valence-electron chi connectivity index (χ1n) is 8.03. The molecule has 136 valence electrons. The van der Waals surface area contributed by atoms with Crippen molar-refractivity contribution in [3.05, 3.63) is 57.8 Å². The minimum atomic E-state index is -0.687. The van der Waals surface area contributed by atoms with E-state index in [0.717, 1.165) is 4.88 Å². The van der Waals surface area contributed by atoms with Gasteiger partial charge in [0.1, 0.15) is 11.5 Å². The lowest BCUT2D eigenvalue weighted by Crippen LogP contribution is -2.32. The third-order valence-electron chi connectivity index (χ3n) is 4.25. The third-order valence-corrected chi connectivity index (χ3v) is 5.18. The Bertz CT molecular complexity index is 826. The van der Waals surface area contributed by atoms with Crippen LogP contribution in [0.15, 0.2) is 47.4 Å². The summed E-state index contributed by atoms with van der Waals surface area (Å²) >= 11 is 1.43. The molecular weight excluding hydrogens is 354 g/mol. The Morgan fingerprint density at radius 2 is 1.92 bits per heavy atom. The molecule has 1 aliphatic rings. The van der Waals surface area contributed by atoms with Gasteiger partial charge in [0.15, 0.2) is 0 Å². The van der Waals surface area contributed by atoms with Crippen molar-refractivity contribution in [2.24, 2.45) is 0 Å². The fourth-order valence-corrected chi connectivity index (χ4v) is 3.79. The Hall–Kier alpha value is -2.64. The molecule has 1 amide bonds. The Morgan fingerprint density at radius 1 is 1.19 bits per heavy atom. The van der Waals surface area contributed by atoms with Gasteiger partial charge in [0.25, 0.3) is 11.7 Å². The molecule has 0 saturated carbocycles. The van der Waals surface area contributed by atoms with Gasteiger partial charge in [-0.15, -0.1) is 11.3 Å². The van der Waals surface area contributed by atoms with Gasteiger partial charge in [-0.05, 0) is 35.7 Å². The molecule has 1 aliphatic heterocycles. The average molecular weight is 373 g/mol. The number of hydrogen-bond acceptors (Lipinski definition) is 6. The van der Waals surface area contributed by atoms with Crippen LogP contribution in [0.4, 0.5) is 0 Å². The number of hydrogen-bond donors (Lipinski definition) is 1. The summed E-state index contributed by atoms with van der Waals surface area (Å²) in [6.07, 6.45) is 0. The van der Waals surface area contributed by atoms with Crippen LogP contribution in [0.1, 0.15) is 16.5 Å². The summed E-state index contributed by atoms with van der Waals surface area (Å²) in [4.78, 5) is 27.4. The number of carbonyl (C=O) groups excluding carboxylic acids is 2. The lowest BCUT2D eigenvalue weighted by atomic mass is 10.00. The molecule has 1 saturated heterocycles. The van der Waals surface area contributed by atoms with Crippen LogP contribution >= 0.6 is 11.3 Å². The maximum absolute atomic E-state index is 12.7. The minimum Gasteiger partial charge on any atom is -0.507 e. The van der Waals surface area contributed by atoms with E-state index in [4.69, 9.17) is 9.47 Å². The van der Waals surface area contributed by atoms with Gasteiger partial charge in [-0.2, -0.15) is 0 Å². The van der Waals surface area contributed by atoms with E-state index in [9.17, 15) is 14.7 Å². The maximum Gasteiger partial charge on any atom is 0.295 e. The van der Waals surface area contributed by atoms with E-state index < -0.39 is 17.7 Å². The highest BCUT2D eigenvalue weighted by Crippen LogP contribution is 2.40. The first-order valence-corrected chi connectivity index (χ1v) is 8.91. The summed E-state index contributed by atoms with van der Waals surface area (Å²) in [5.74, 6) is -0.871. The SMILES string of the molecule is COCCN1C(=O)C(=O)/C(=C(\O)c2ccc(OC)cc2)C1c1cccs1. The number of ketones is 1. The van der Waals surface area contributed by atoms with Gasteiger partial charge in [0.05, 0.1) is 25.3 Å². The highest BCUT2D eigenvalue weighted by molar-refractivity contribution is 7.10. The van der Waals surface area contributed by atoms with E-state index in [1.54, 1.807) is 31.4 Å². The zero-order valence-electron chi connectivity index (χ0n) is 14.5. The standard InChI is InChI=1S/C19H19NO5S/c1-24-10-9-20-16(14-4-3-11-26-14)15(18(22)19(20)23)17(21)12-5-7-13(25-2)8-6-12/h3-8,11,16,21H,9-10H2,1-2H3/b17-15-. The topological polar surface area (TPSA) is 76.1 Å². The molecule has 7 heteroatoms. The molecule has 6 nitrogen and oxygen atoms in total. The smallest absolute Gasteiger partial charge is 0.295 e. The van der Waals surface area contributed by atoms with E-state index in [1.165, 1.54) is 23.3 Å². The average Bonchev–Trinajstić information content (AvgIpc) is 3.27. The number of carbonyl (C=O) groups is 2. The predicted octanol–water partition coefficient (Wildman–Crippen LogP) is 2.82. The van der Waals surface area contributed by atoms with Gasteiger partial charge in [0, 0.05) is 24.1 Å². The highest BCUT2D eigenvalue weighted by Gasteiger charge is 2.46. The van der Waals surface area contributed by atoms with Crippen LogP contribution in [-0.4, -0.2) is 49.1 Å². The van der Waals surface area contributed by atoms with Gasteiger partial charge < -0.3 is 19.5 Å². The lowest BCUT2D eigenvalue weighted by Gasteiger charge is -2.23. The molecule has 1 fully saturated rings. The maximum atomic E-state index is 12.7. The number of amides is 1. The molecular formula is C19H19NO5S. The predicted molar refractivity (Wildman–Crippen MR) is 98.2 cm³/mol. The summed E-state index contributed by atoms with van der Waals surface area (Å²) in [5, 5.41) is 12.7. The van der Waals surface area contributed by atoms with E-state index in [-0.39, 0.29) is 17.9 Å². The number of aliphatic hydroxyl groups is 1. The zero-order valence-corrected chi connectivity index (χ0v) is 15.3. The van der Waals surface area contributed by atoms with Crippen molar-refractivity contribution in [2.45, 2.75) is 6.04 Å². The Kier molecular flexibility index (Phi) is 5.39. The Balaban J connectivity index is 2.09. The zero-order chi connectivity index (χ0) is 18.7. The largest absolute Gasteiger partial charge is 0.507 e. The number of aliphatic hydroxyl groups excluding tert-OH is 1. The molecule has 0 aliphatic carbocycles. The molecule has 26 heavy (non-hydrogen) atoms. The van der Waals surface area contributed by atoms with Crippen LogP contribution in [0, 0.1) is 0 Å². The summed E-state index contributed by atoms with van der Waals surface area (Å²) in [7, 11) is 3.08. The molecule has 0 spiro atoms. The number of benzene rings is 1. The molecule has 2 heterocycles. The van der Waals surface area contributed by atoms with Crippen molar-refractivity contribution >= 4 is 28.8 Å². The lowest BCUT2D eigenvalue weighted by molar-refractivity contribution is -0.140. The van der Waals surface area contributed by atoms with Crippen LogP contribution in [-0.2, 0) is 14.3 Å². The van der Waals surface area contributed by atoms with E-state index in [1.807, 2.05) is 17.5 Å². The van der Waals surface area contributed by atoms with Crippen molar-refractivity contribution in [1.29, 1.82) is 0 Å². The van der Waals surface area contributed by atoms with Crippen molar-refractivity contribution in [3.63, 3.8) is 0 Å². The van der Waals surface area contributed by atoms with Gasteiger partial charge in [-0.25, -0.2) is 0 Å². The fraction of sp³-hybridized carbons (Fsp3) is 0.263. The number of Topliss-reactive ketones (excluding diaryl/α,β-unsaturated/α-hetero) is 1. The van der Waals surface area contributed by atoms with Gasteiger partial charge >= 0.3 is 0 Å². The van der Waals surface area contributed by atoms with Gasteiger partial charge in [-0.3, -0.25) is 9.59 Å². The van der Waals surface area contributed by atoms with E-state index in [2.05, 4.69) is 0 Å². The summed E-state index contributed by atoms with van der Waals surface area (Å²) < 4.78 is 10.2. The van der Waals surface area contributed by atoms with Crippen molar-refractivity contribution in [2.75, 3.05) is 27.4 Å². The van der Waals surface area contributed by atoms with Crippen molar-refractivity contribution in [3.8, 4) is 5.75 Å². The number of nitrogens with zero attached hydrogens (tertiary/aromatic N) is 1.